The van der Waals surface area contributed by atoms with E-state index in [1.165, 1.54) is 0 Å². The molecule has 2 saturated heterocycles. The van der Waals surface area contributed by atoms with E-state index in [4.69, 9.17) is 0 Å². The van der Waals surface area contributed by atoms with Crippen LogP contribution >= 0.6 is 0 Å². The van der Waals surface area contributed by atoms with E-state index in [1.54, 1.807) is 6.20 Å². The average molecular weight is 390 g/mol. The molecule has 8 heteroatoms. The highest BCUT2D eigenvalue weighted by Crippen LogP contribution is 2.25. The monoisotopic (exact) mass is 390 g/mol. The lowest BCUT2D eigenvalue weighted by Crippen LogP contribution is -2.50. The highest BCUT2D eigenvalue weighted by Gasteiger charge is 2.33. The Bertz CT molecular complexity index is 1100. The van der Waals surface area contributed by atoms with Crippen LogP contribution in [0.3, 0.4) is 0 Å². The van der Waals surface area contributed by atoms with Crippen molar-refractivity contribution in [2.45, 2.75) is 32.4 Å². The number of rotatable bonds is 4. The summed E-state index contributed by atoms with van der Waals surface area (Å²) in [5.41, 5.74) is 3.48. The van der Waals surface area contributed by atoms with Gasteiger partial charge in [-0.15, -0.1) is 5.10 Å². The van der Waals surface area contributed by atoms with E-state index in [0.29, 0.717) is 31.6 Å². The first-order valence-corrected chi connectivity index (χ1v) is 9.91. The largest absolute Gasteiger partial charge is 0.337 e. The second kappa shape index (κ2) is 6.95. The molecule has 8 nitrogen and oxygen atoms in total. The molecule has 0 aliphatic carbocycles. The van der Waals surface area contributed by atoms with Gasteiger partial charge in [-0.2, -0.15) is 0 Å². The Hall–Kier alpha value is -3.29. The third-order valence-corrected chi connectivity index (χ3v) is 5.81. The number of aryl methyl sites for hydroxylation is 1. The SMILES string of the molecule is Cc1ccnc2ccc(C(=O)N3CC(n4cc(CN5CCCC5=O)nn4)C3)cc12. The van der Waals surface area contributed by atoms with E-state index in [9.17, 15) is 9.59 Å². The fraction of sp³-hybridized carbons (Fsp3) is 0.381. The van der Waals surface area contributed by atoms with Gasteiger partial charge in [-0.1, -0.05) is 5.21 Å². The summed E-state index contributed by atoms with van der Waals surface area (Å²) in [7, 11) is 0. The highest BCUT2D eigenvalue weighted by molar-refractivity contribution is 5.98. The Morgan fingerprint density at radius 3 is 2.90 bits per heavy atom. The van der Waals surface area contributed by atoms with Crippen molar-refractivity contribution in [3.8, 4) is 0 Å². The lowest BCUT2D eigenvalue weighted by Gasteiger charge is -2.38. The second-order valence-corrected chi connectivity index (χ2v) is 7.83. The standard InChI is InChI=1S/C21H22N6O2/c1-14-6-7-22-19-5-4-15(9-18(14)19)21(29)26-12-17(13-26)27-11-16(23-24-27)10-25-8-2-3-20(25)28/h4-7,9,11,17H,2-3,8,10,12-13H2,1H3. The minimum atomic E-state index is 0.0226. The van der Waals surface area contributed by atoms with E-state index >= 15 is 0 Å². The maximum absolute atomic E-state index is 12.8. The molecule has 5 rings (SSSR count). The number of amides is 2. The lowest BCUT2D eigenvalue weighted by molar-refractivity contribution is -0.128. The Kier molecular flexibility index (Phi) is 4.26. The zero-order valence-electron chi connectivity index (χ0n) is 16.3. The maximum Gasteiger partial charge on any atom is 0.254 e. The number of carbonyl (C=O) groups excluding carboxylic acids is 2. The van der Waals surface area contributed by atoms with E-state index in [0.717, 1.165) is 35.1 Å². The summed E-state index contributed by atoms with van der Waals surface area (Å²) in [6, 6.07) is 7.74. The summed E-state index contributed by atoms with van der Waals surface area (Å²) >= 11 is 0. The van der Waals surface area contributed by atoms with Crippen LogP contribution in [0.5, 0.6) is 0 Å². The van der Waals surface area contributed by atoms with Crippen molar-refractivity contribution in [3.05, 3.63) is 53.5 Å². The quantitative estimate of drug-likeness (QED) is 0.680. The van der Waals surface area contributed by atoms with Gasteiger partial charge >= 0.3 is 0 Å². The van der Waals surface area contributed by atoms with Crippen LogP contribution < -0.4 is 0 Å². The van der Waals surface area contributed by atoms with Crippen LogP contribution in [0.4, 0.5) is 0 Å². The molecule has 2 aliphatic rings. The molecule has 3 aromatic rings. The molecule has 0 N–H and O–H groups in total. The highest BCUT2D eigenvalue weighted by atomic mass is 16.2. The van der Waals surface area contributed by atoms with E-state index in [-0.39, 0.29) is 17.9 Å². The summed E-state index contributed by atoms with van der Waals surface area (Å²) in [5.74, 6) is 0.204. The number of carbonyl (C=O) groups is 2. The van der Waals surface area contributed by atoms with Crippen LogP contribution in [0.25, 0.3) is 10.9 Å². The van der Waals surface area contributed by atoms with E-state index in [2.05, 4.69) is 15.3 Å². The number of hydrogen-bond acceptors (Lipinski definition) is 5. The minimum absolute atomic E-state index is 0.0226. The third kappa shape index (κ3) is 3.24. The first kappa shape index (κ1) is 17.8. The maximum atomic E-state index is 12.8. The molecule has 0 saturated carbocycles. The zero-order chi connectivity index (χ0) is 20.0. The number of benzene rings is 1. The number of fused-ring (bicyclic) bond motifs is 1. The summed E-state index contributed by atoms with van der Waals surface area (Å²) in [6.07, 6.45) is 5.21. The Balaban J connectivity index is 1.23. The van der Waals surface area contributed by atoms with Gasteiger partial charge < -0.3 is 9.80 Å². The molecule has 2 aromatic heterocycles. The molecular weight excluding hydrogens is 368 g/mol. The fourth-order valence-corrected chi connectivity index (χ4v) is 4.02. The van der Waals surface area contributed by atoms with Gasteiger partial charge in [-0.25, -0.2) is 4.68 Å². The van der Waals surface area contributed by atoms with Gasteiger partial charge in [-0.3, -0.25) is 14.6 Å². The molecule has 148 valence electrons. The first-order chi connectivity index (χ1) is 14.1. The van der Waals surface area contributed by atoms with Gasteiger partial charge in [0.1, 0.15) is 5.69 Å². The molecular formula is C21H22N6O2. The summed E-state index contributed by atoms with van der Waals surface area (Å²) in [6.45, 7) is 4.54. The Morgan fingerprint density at radius 1 is 1.24 bits per heavy atom. The molecule has 0 atom stereocenters. The van der Waals surface area contributed by atoms with Crippen LogP contribution in [0.15, 0.2) is 36.7 Å². The molecule has 0 unspecified atom stereocenters. The summed E-state index contributed by atoms with van der Waals surface area (Å²) in [5, 5.41) is 9.41. The van der Waals surface area contributed by atoms with Gasteiger partial charge in [0.15, 0.2) is 0 Å². The predicted molar refractivity (Wildman–Crippen MR) is 106 cm³/mol. The van der Waals surface area contributed by atoms with Crippen molar-refractivity contribution < 1.29 is 9.59 Å². The topological polar surface area (TPSA) is 84.2 Å². The second-order valence-electron chi connectivity index (χ2n) is 7.83. The molecule has 1 aromatic carbocycles. The first-order valence-electron chi connectivity index (χ1n) is 9.91. The number of aromatic nitrogens is 4. The van der Waals surface area contributed by atoms with Gasteiger partial charge in [0.2, 0.25) is 5.91 Å². The van der Waals surface area contributed by atoms with Gasteiger partial charge in [0, 0.05) is 43.2 Å². The summed E-state index contributed by atoms with van der Waals surface area (Å²) < 4.78 is 1.81. The summed E-state index contributed by atoms with van der Waals surface area (Å²) in [4.78, 5) is 32.6. The minimum Gasteiger partial charge on any atom is -0.337 e. The van der Waals surface area contributed by atoms with Crippen molar-refractivity contribution in [3.63, 3.8) is 0 Å². The molecule has 0 bridgehead atoms. The number of likely N-dealkylation sites (tertiary alicyclic amines) is 2. The molecule has 2 aliphatic heterocycles. The van der Waals surface area contributed by atoms with Gasteiger partial charge in [0.05, 0.1) is 24.3 Å². The predicted octanol–water partition coefficient (Wildman–Crippen LogP) is 1.95. The average Bonchev–Trinajstić information content (AvgIpc) is 3.30. The number of pyridine rings is 1. The normalized spacial score (nSPS) is 17.2. The Labute approximate surface area is 168 Å². The van der Waals surface area contributed by atoms with Crippen molar-refractivity contribution in [2.75, 3.05) is 19.6 Å². The van der Waals surface area contributed by atoms with Crippen LogP contribution in [-0.2, 0) is 11.3 Å². The van der Waals surface area contributed by atoms with Crippen LogP contribution in [0, 0.1) is 6.92 Å². The van der Waals surface area contributed by atoms with Crippen LogP contribution in [-0.4, -0.2) is 61.2 Å². The van der Waals surface area contributed by atoms with Crippen LogP contribution in [0.1, 0.15) is 40.5 Å². The van der Waals surface area contributed by atoms with E-state index in [1.807, 2.05) is 51.9 Å². The number of nitrogens with zero attached hydrogens (tertiary/aromatic N) is 6. The van der Waals surface area contributed by atoms with Crippen molar-refractivity contribution in [1.82, 2.24) is 29.8 Å². The van der Waals surface area contributed by atoms with Crippen LogP contribution in [0.2, 0.25) is 0 Å². The molecule has 29 heavy (non-hydrogen) atoms. The molecule has 4 heterocycles. The molecule has 2 amide bonds. The molecule has 0 radical (unpaired) electrons. The van der Waals surface area contributed by atoms with Gasteiger partial charge in [0.25, 0.3) is 5.91 Å². The van der Waals surface area contributed by atoms with Crippen molar-refractivity contribution in [1.29, 1.82) is 0 Å². The van der Waals surface area contributed by atoms with Crippen molar-refractivity contribution in [2.24, 2.45) is 0 Å². The third-order valence-electron chi connectivity index (χ3n) is 5.81. The van der Waals surface area contributed by atoms with Crippen molar-refractivity contribution >= 4 is 22.7 Å². The lowest BCUT2D eigenvalue weighted by atomic mass is 10.0. The Morgan fingerprint density at radius 2 is 2.10 bits per heavy atom. The molecule has 0 spiro atoms. The zero-order valence-corrected chi connectivity index (χ0v) is 16.3. The number of hydrogen-bond donors (Lipinski definition) is 0. The van der Waals surface area contributed by atoms with E-state index < -0.39 is 0 Å². The van der Waals surface area contributed by atoms with Gasteiger partial charge in [-0.05, 0) is 43.2 Å². The smallest absolute Gasteiger partial charge is 0.254 e. The molecule has 2 fully saturated rings. The fourth-order valence-electron chi connectivity index (χ4n) is 4.02.